The van der Waals surface area contributed by atoms with Gasteiger partial charge in [-0.3, -0.25) is 14.9 Å². The number of imide groups is 2. The van der Waals surface area contributed by atoms with E-state index in [9.17, 15) is 18.8 Å². The van der Waals surface area contributed by atoms with Gasteiger partial charge in [-0.1, -0.05) is 42.0 Å². The SMILES string of the molecule is COc1cc(/C=C2\C(=O)NC(=O)N(c3ccc(C)cc3C)C2=O)ccc1Cc1cccc(F)c1. The fourth-order valence-corrected chi connectivity index (χ4v) is 3.96. The molecule has 172 valence electrons. The molecule has 0 atom stereocenters. The molecule has 3 aromatic carbocycles. The third-order valence-corrected chi connectivity index (χ3v) is 5.60. The van der Waals surface area contributed by atoms with Gasteiger partial charge >= 0.3 is 6.03 Å². The van der Waals surface area contributed by atoms with Crippen LogP contribution in [0.25, 0.3) is 6.08 Å². The summed E-state index contributed by atoms with van der Waals surface area (Å²) in [5.74, 6) is -1.26. The first-order valence-electron chi connectivity index (χ1n) is 10.7. The van der Waals surface area contributed by atoms with Gasteiger partial charge in [-0.25, -0.2) is 14.1 Å². The lowest BCUT2D eigenvalue weighted by molar-refractivity contribution is -0.122. The predicted octanol–water partition coefficient (Wildman–Crippen LogP) is 4.71. The van der Waals surface area contributed by atoms with Crippen molar-refractivity contribution in [2.75, 3.05) is 12.0 Å². The first-order valence-corrected chi connectivity index (χ1v) is 10.7. The van der Waals surface area contributed by atoms with Gasteiger partial charge in [0.25, 0.3) is 11.8 Å². The number of hydrogen-bond donors (Lipinski definition) is 1. The molecule has 1 aliphatic rings. The van der Waals surface area contributed by atoms with Crippen molar-refractivity contribution >= 4 is 29.6 Å². The summed E-state index contributed by atoms with van der Waals surface area (Å²) in [7, 11) is 1.51. The first-order chi connectivity index (χ1) is 16.3. The number of ether oxygens (including phenoxy) is 1. The van der Waals surface area contributed by atoms with Gasteiger partial charge in [0, 0.05) is 6.42 Å². The number of amides is 4. The number of carbonyl (C=O) groups excluding carboxylic acids is 3. The van der Waals surface area contributed by atoms with E-state index in [4.69, 9.17) is 4.74 Å². The van der Waals surface area contributed by atoms with Crippen molar-refractivity contribution in [3.05, 3.63) is 99.9 Å². The zero-order chi connectivity index (χ0) is 24.4. The summed E-state index contributed by atoms with van der Waals surface area (Å²) in [6.45, 7) is 3.71. The topological polar surface area (TPSA) is 75.7 Å². The Morgan fingerprint density at radius 1 is 1.00 bits per heavy atom. The van der Waals surface area contributed by atoms with Crippen molar-refractivity contribution in [2.45, 2.75) is 20.3 Å². The van der Waals surface area contributed by atoms with Gasteiger partial charge in [0.15, 0.2) is 0 Å². The van der Waals surface area contributed by atoms with Crippen LogP contribution in [-0.4, -0.2) is 25.0 Å². The molecule has 0 spiro atoms. The number of anilines is 1. The van der Waals surface area contributed by atoms with Crippen LogP contribution in [0.3, 0.4) is 0 Å². The average molecular weight is 458 g/mol. The molecule has 1 N–H and O–H groups in total. The van der Waals surface area contributed by atoms with Crippen LogP contribution in [0.2, 0.25) is 0 Å². The second kappa shape index (κ2) is 9.31. The summed E-state index contributed by atoms with van der Waals surface area (Å²) in [6.07, 6.45) is 1.88. The van der Waals surface area contributed by atoms with E-state index in [1.165, 1.54) is 25.3 Å². The lowest BCUT2D eigenvalue weighted by atomic mass is 10.00. The lowest BCUT2D eigenvalue weighted by Crippen LogP contribution is -2.54. The van der Waals surface area contributed by atoms with E-state index in [1.807, 2.05) is 19.1 Å². The molecular formula is C27H23FN2O4. The molecule has 0 aromatic heterocycles. The van der Waals surface area contributed by atoms with E-state index >= 15 is 0 Å². The summed E-state index contributed by atoms with van der Waals surface area (Å²) < 4.78 is 19.0. The van der Waals surface area contributed by atoms with Crippen LogP contribution in [-0.2, 0) is 16.0 Å². The first kappa shape index (κ1) is 22.9. The van der Waals surface area contributed by atoms with E-state index in [2.05, 4.69) is 5.32 Å². The van der Waals surface area contributed by atoms with Crippen LogP contribution in [0, 0.1) is 19.7 Å². The van der Waals surface area contributed by atoms with Gasteiger partial charge < -0.3 is 4.74 Å². The number of benzene rings is 3. The molecule has 1 fully saturated rings. The quantitative estimate of drug-likeness (QED) is 0.444. The normalized spacial score (nSPS) is 15.0. The molecule has 6 nitrogen and oxygen atoms in total. The van der Waals surface area contributed by atoms with Gasteiger partial charge in [-0.05, 0) is 66.4 Å². The minimum atomic E-state index is -0.790. The Bertz CT molecular complexity index is 1350. The number of hydrogen-bond acceptors (Lipinski definition) is 4. The molecule has 4 amide bonds. The number of aryl methyl sites for hydroxylation is 2. The van der Waals surface area contributed by atoms with E-state index in [0.717, 1.165) is 27.2 Å². The van der Waals surface area contributed by atoms with Crippen molar-refractivity contribution < 1.29 is 23.5 Å². The fourth-order valence-electron chi connectivity index (χ4n) is 3.96. The van der Waals surface area contributed by atoms with Crippen LogP contribution in [0.5, 0.6) is 5.75 Å². The molecule has 0 radical (unpaired) electrons. The molecule has 1 aliphatic heterocycles. The molecule has 1 saturated heterocycles. The lowest BCUT2D eigenvalue weighted by Gasteiger charge is -2.27. The second-order valence-electron chi connectivity index (χ2n) is 8.13. The molecule has 3 aromatic rings. The summed E-state index contributed by atoms with van der Waals surface area (Å²) in [4.78, 5) is 39.2. The second-order valence-corrected chi connectivity index (χ2v) is 8.13. The number of methoxy groups -OCH3 is 1. The molecule has 1 heterocycles. The van der Waals surface area contributed by atoms with E-state index < -0.39 is 17.8 Å². The molecule has 0 saturated carbocycles. The zero-order valence-corrected chi connectivity index (χ0v) is 19.0. The number of halogens is 1. The molecule has 34 heavy (non-hydrogen) atoms. The highest BCUT2D eigenvalue weighted by atomic mass is 19.1. The van der Waals surface area contributed by atoms with Crippen molar-refractivity contribution in [3.63, 3.8) is 0 Å². The fraction of sp³-hybridized carbons (Fsp3) is 0.148. The van der Waals surface area contributed by atoms with Gasteiger partial charge in [-0.15, -0.1) is 0 Å². The van der Waals surface area contributed by atoms with Crippen LogP contribution in [0.4, 0.5) is 14.9 Å². The number of nitrogens with zero attached hydrogens (tertiary/aromatic N) is 1. The molecular weight excluding hydrogens is 435 g/mol. The highest BCUT2D eigenvalue weighted by molar-refractivity contribution is 6.39. The maximum Gasteiger partial charge on any atom is 0.335 e. The summed E-state index contributed by atoms with van der Waals surface area (Å²) >= 11 is 0. The van der Waals surface area contributed by atoms with Gasteiger partial charge in [-0.2, -0.15) is 0 Å². The zero-order valence-electron chi connectivity index (χ0n) is 19.0. The number of nitrogens with one attached hydrogen (secondary N) is 1. The molecule has 0 unspecified atom stereocenters. The Morgan fingerprint density at radius 3 is 2.50 bits per heavy atom. The highest BCUT2D eigenvalue weighted by Crippen LogP contribution is 2.28. The Morgan fingerprint density at radius 2 is 1.79 bits per heavy atom. The molecule has 4 rings (SSSR count). The van der Waals surface area contributed by atoms with Crippen molar-refractivity contribution in [1.82, 2.24) is 5.32 Å². The predicted molar refractivity (Wildman–Crippen MR) is 127 cm³/mol. The van der Waals surface area contributed by atoms with Crippen molar-refractivity contribution in [1.29, 1.82) is 0 Å². The van der Waals surface area contributed by atoms with Crippen molar-refractivity contribution in [2.24, 2.45) is 0 Å². The van der Waals surface area contributed by atoms with Crippen LogP contribution < -0.4 is 15.0 Å². The standard InChI is InChI=1S/C27H23FN2O4/c1-16-7-10-23(17(2)11-16)30-26(32)22(25(31)29-27(30)33)14-19-8-9-20(24(15-19)34-3)12-18-5-4-6-21(28)13-18/h4-11,13-15H,12H2,1-3H3,(H,29,31,33)/b22-14+. The van der Waals surface area contributed by atoms with E-state index in [0.29, 0.717) is 23.4 Å². The summed E-state index contributed by atoms with van der Waals surface area (Å²) in [6, 6.07) is 16.1. The van der Waals surface area contributed by atoms with Crippen LogP contribution in [0.1, 0.15) is 27.8 Å². The Labute approximate surface area is 196 Å². The third-order valence-electron chi connectivity index (χ3n) is 5.60. The van der Waals surface area contributed by atoms with Gasteiger partial charge in [0.1, 0.15) is 17.1 Å². The summed E-state index contributed by atoms with van der Waals surface area (Å²) in [5, 5.41) is 2.24. The highest BCUT2D eigenvalue weighted by Gasteiger charge is 2.37. The minimum Gasteiger partial charge on any atom is -0.496 e. The minimum absolute atomic E-state index is 0.167. The number of urea groups is 1. The molecule has 0 aliphatic carbocycles. The third kappa shape index (κ3) is 4.59. The Kier molecular flexibility index (Phi) is 6.27. The van der Waals surface area contributed by atoms with Gasteiger partial charge in [0.2, 0.25) is 0 Å². The van der Waals surface area contributed by atoms with Crippen LogP contribution >= 0.6 is 0 Å². The summed E-state index contributed by atoms with van der Waals surface area (Å²) in [5.41, 5.74) is 4.13. The maximum absolute atomic E-state index is 13.5. The largest absolute Gasteiger partial charge is 0.496 e. The number of carbonyl (C=O) groups is 3. The Hall–Kier alpha value is -4.26. The number of barbiturate groups is 1. The van der Waals surface area contributed by atoms with E-state index in [1.54, 1.807) is 43.3 Å². The smallest absolute Gasteiger partial charge is 0.335 e. The van der Waals surface area contributed by atoms with E-state index in [-0.39, 0.29) is 11.4 Å². The molecule has 0 bridgehead atoms. The van der Waals surface area contributed by atoms with Crippen LogP contribution in [0.15, 0.2) is 66.2 Å². The Balaban J connectivity index is 1.67. The average Bonchev–Trinajstić information content (AvgIpc) is 2.78. The van der Waals surface area contributed by atoms with Crippen molar-refractivity contribution in [3.8, 4) is 5.75 Å². The monoisotopic (exact) mass is 458 g/mol. The number of rotatable bonds is 5. The maximum atomic E-state index is 13.5. The molecule has 7 heteroatoms. The van der Waals surface area contributed by atoms with Gasteiger partial charge in [0.05, 0.1) is 12.8 Å².